The van der Waals surface area contributed by atoms with Crippen molar-refractivity contribution in [2.75, 3.05) is 0 Å². The highest BCUT2D eigenvalue weighted by Gasteiger charge is 2.25. The molecule has 0 saturated carbocycles. The van der Waals surface area contributed by atoms with Crippen molar-refractivity contribution in [3.63, 3.8) is 0 Å². The van der Waals surface area contributed by atoms with Crippen LogP contribution in [-0.2, 0) is 0 Å². The van der Waals surface area contributed by atoms with Crippen molar-refractivity contribution in [3.05, 3.63) is 133 Å². The fraction of sp³-hybridized carbons (Fsp3) is 0. The average Bonchev–Trinajstić information content (AvgIpc) is 3.24. The maximum absolute atomic E-state index is 7.10. The van der Waals surface area contributed by atoms with Crippen LogP contribution in [0.2, 0.25) is 0 Å². The second-order valence-electron chi connectivity index (χ2n) is 14.6. The average molecular weight is 685 g/mol. The van der Waals surface area contributed by atoms with E-state index in [4.69, 9.17) is 62.8 Å². The minimum absolute atomic E-state index is 0.179. The van der Waals surface area contributed by atoms with Gasteiger partial charge in [-0.3, -0.25) is 0 Å². The summed E-state index contributed by atoms with van der Waals surface area (Å²) in [6.07, 6.45) is 0. The number of hydrogen-bond donors (Lipinski definition) is 0. The van der Waals surface area contributed by atoms with Crippen LogP contribution in [0.1, 0.15) is 0 Å². The van der Waals surface area contributed by atoms with Gasteiger partial charge in [-0.1, -0.05) is 131 Å². The second-order valence-corrected chi connectivity index (χ2v) is 14.6. The molecule has 10 aromatic carbocycles. The molecule has 0 aliphatic heterocycles. The summed E-state index contributed by atoms with van der Waals surface area (Å²) in [4.78, 5) is 0. The summed E-state index contributed by atoms with van der Waals surface area (Å²) in [5.41, 5.74) is 6.82. The third-order valence-electron chi connectivity index (χ3n) is 11.6. The van der Waals surface area contributed by atoms with Gasteiger partial charge in [-0.2, -0.15) is 0 Å². The molecule has 0 aromatic heterocycles. The molecule has 0 heterocycles. The third-order valence-corrected chi connectivity index (χ3v) is 11.6. The quantitative estimate of drug-likeness (QED) is 0.150. The lowest BCUT2D eigenvalue weighted by Gasteiger charge is -2.29. The zero-order valence-electron chi connectivity index (χ0n) is 30.3. The molecular formula is C48H22B8. The Morgan fingerprint density at radius 1 is 0.250 bits per heavy atom. The summed E-state index contributed by atoms with van der Waals surface area (Å²) < 4.78 is 0. The van der Waals surface area contributed by atoms with Crippen molar-refractivity contribution in [3.8, 4) is 33.4 Å². The van der Waals surface area contributed by atoms with Crippen molar-refractivity contribution in [2.45, 2.75) is 0 Å². The number of benzene rings is 10. The minimum atomic E-state index is 0.179. The molecule has 0 N–H and O–H groups in total. The summed E-state index contributed by atoms with van der Waals surface area (Å²) in [6.45, 7) is 0. The predicted molar refractivity (Wildman–Crippen MR) is 251 cm³/mol. The normalized spacial score (nSPS) is 11.8. The van der Waals surface area contributed by atoms with E-state index in [2.05, 4.69) is 97.1 Å². The van der Waals surface area contributed by atoms with Gasteiger partial charge in [0, 0.05) is 0 Å². The molecule has 0 unspecified atom stereocenters. The van der Waals surface area contributed by atoms with Crippen molar-refractivity contribution in [1.82, 2.24) is 0 Å². The van der Waals surface area contributed by atoms with Gasteiger partial charge in [0.15, 0.2) is 0 Å². The van der Waals surface area contributed by atoms with E-state index in [-0.39, 0.29) is 43.7 Å². The number of hydrogen-bond acceptors (Lipinski definition) is 0. The Kier molecular flexibility index (Phi) is 8.02. The molecule has 0 aliphatic rings. The Morgan fingerprint density at radius 3 is 1.36 bits per heavy atom. The monoisotopic (exact) mass is 686 g/mol. The van der Waals surface area contributed by atoms with Crippen LogP contribution in [0.25, 0.3) is 98.0 Å². The summed E-state index contributed by atoms with van der Waals surface area (Å²) in [5, 5.41) is 11.2. The van der Waals surface area contributed by atoms with Gasteiger partial charge in [0.1, 0.15) is 62.8 Å². The molecule has 10 aromatic rings. The number of rotatable bonds is 3. The van der Waals surface area contributed by atoms with Gasteiger partial charge < -0.3 is 0 Å². The predicted octanol–water partition coefficient (Wildman–Crippen LogP) is 3.96. The maximum Gasteiger partial charge on any atom is 0.113 e. The van der Waals surface area contributed by atoms with E-state index in [1.807, 2.05) is 36.4 Å². The highest BCUT2D eigenvalue weighted by Crippen LogP contribution is 2.44. The van der Waals surface area contributed by atoms with Gasteiger partial charge in [-0.15, -0.1) is 21.9 Å². The van der Waals surface area contributed by atoms with Crippen LogP contribution < -0.4 is 43.7 Å². The summed E-state index contributed by atoms with van der Waals surface area (Å²) >= 11 is 0. The van der Waals surface area contributed by atoms with Crippen molar-refractivity contribution >= 4 is 171 Å². The van der Waals surface area contributed by atoms with E-state index in [1.54, 1.807) is 0 Å². The van der Waals surface area contributed by atoms with E-state index >= 15 is 0 Å². The second kappa shape index (κ2) is 12.9. The van der Waals surface area contributed by atoms with Gasteiger partial charge in [0.25, 0.3) is 0 Å². The van der Waals surface area contributed by atoms with Crippen LogP contribution in [0.4, 0.5) is 0 Å². The van der Waals surface area contributed by atoms with Gasteiger partial charge in [-0.05, 0) is 122 Å². The van der Waals surface area contributed by atoms with Gasteiger partial charge in [-0.25, -0.2) is 0 Å². The molecular weight excluding hydrogens is 663 g/mol. The highest BCUT2D eigenvalue weighted by molar-refractivity contribution is 6.71. The Balaban J connectivity index is 1.38. The van der Waals surface area contributed by atoms with E-state index in [0.29, 0.717) is 32.7 Å². The van der Waals surface area contributed by atoms with E-state index < -0.39 is 0 Å². The molecule has 56 heavy (non-hydrogen) atoms. The van der Waals surface area contributed by atoms with Crippen LogP contribution in [-0.4, -0.2) is 62.8 Å². The first-order chi connectivity index (χ1) is 27.1. The van der Waals surface area contributed by atoms with Crippen molar-refractivity contribution in [1.29, 1.82) is 0 Å². The Morgan fingerprint density at radius 2 is 0.732 bits per heavy atom. The van der Waals surface area contributed by atoms with E-state index in [9.17, 15) is 0 Å². The standard InChI is InChI=1S/C48H22B8/c49-41-37-35(30-12-5-11-26(21-30)28-16-15-23-7-1-2-8-24(23)19-28)38-40(44(52)48(56)46(54)42(38)50)36(39(37)43(51)47(55)45(41)53)33-14-6-13-31-32(33)18-17-29-20-25-9-3-4-10-27(25)22-34(29)31/h1-22H. The molecule has 0 aliphatic carbocycles. The molecule has 238 valence electrons. The lowest BCUT2D eigenvalue weighted by molar-refractivity contribution is 1.64. The fourth-order valence-corrected chi connectivity index (χ4v) is 8.73. The van der Waals surface area contributed by atoms with Crippen LogP contribution in [0.3, 0.4) is 0 Å². The minimum Gasteiger partial charge on any atom is -0.110 e. The Labute approximate surface area is 336 Å². The zero-order valence-corrected chi connectivity index (χ0v) is 30.3. The fourth-order valence-electron chi connectivity index (χ4n) is 8.73. The molecule has 0 spiro atoms. The van der Waals surface area contributed by atoms with Crippen LogP contribution in [0, 0.1) is 0 Å². The zero-order chi connectivity index (χ0) is 38.6. The molecule has 8 heteroatoms. The van der Waals surface area contributed by atoms with Crippen molar-refractivity contribution < 1.29 is 0 Å². The molecule has 0 saturated heterocycles. The first-order valence-corrected chi connectivity index (χ1v) is 18.3. The molecule has 0 atom stereocenters. The van der Waals surface area contributed by atoms with Gasteiger partial charge >= 0.3 is 0 Å². The van der Waals surface area contributed by atoms with E-state index in [0.717, 1.165) is 60.0 Å². The third kappa shape index (κ3) is 5.04. The molecule has 0 nitrogen and oxygen atoms in total. The largest absolute Gasteiger partial charge is 0.113 e. The highest BCUT2D eigenvalue weighted by atomic mass is 14.3. The summed E-state index contributed by atoms with van der Waals surface area (Å²) in [7, 11) is 55.2. The molecule has 10 rings (SSSR count). The van der Waals surface area contributed by atoms with E-state index in [1.165, 1.54) is 5.39 Å². The molecule has 0 amide bonds. The first-order valence-electron chi connectivity index (χ1n) is 18.3. The molecule has 0 fully saturated rings. The van der Waals surface area contributed by atoms with Gasteiger partial charge in [0.2, 0.25) is 0 Å². The lowest BCUT2D eigenvalue weighted by atomic mass is 9.59. The molecule has 16 radical (unpaired) electrons. The Hall–Kier alpha value is -5.72. The summed E-state index contributed by atoms with van der Waals surface area (Å²) in [5.74, 6) is 0. The first kappa shape index (κ1) is 34.7. The lowest BCUT2D eigenvalue weighted by Crippen LogP contribution is -2.50. The smallest absolute Gasteiger partial charge is 0.110 e. The maximum atomic E-state index is 7.10. The van der Waals surface area contributed by atoms with Crippen LogP contribution >= 0.6 is 0 Å². The van der Waals surface area contributed by atoms with Crippen molar-refractivity contribution in [2.24, 2.45) is 0 Å². The van der Waals surface area contributed by atoms with Crippen LogP contribution in [0.5, 0.6) is 0 Å². The number of fused-ring (bicyclic) bond motifs is 7. The topological polar surface area (TPSA) is 0 Å². The van der Waals surface area contributed by atoms with Gasteiger partial charge in [0.05, 0.1) is 0 Å². The SMILES string of the molecule is [B]c1c([B])c([B])c2c(-c3cccc4c3ccc3cc5ccccc5cc34)c3c([B])c([B])c([B])c([B])c3c(-c3cccc(-c4ccc5ccccc5c4)c3)c2c1[B]. The van der Waals surface area contributed by atoms with Crippen LogP contribution in [0.15, 0.2) is 133 Å². The Bertz CT molecular complexity index is 3270. The summed E-state index contributed by atoms with van der Waals surface area (Å²) in [6, 6.07) is 46.2. The molecule has 0 bridgehead atoms.